The normalized spacial score (nSPS) is 12.5. The highest BCUT2D eigenvalue weighted by Gasteiger charge is 2.12. The maximum atomic E-state index is 5.34. The molecule has 1 atom stereocenters. The summed E-state index contributed by atoms with van der Waals surface area (Å²) in [6, 6.07) is 0. The molecule has 0 aliphatic heterocycles. The Bertz CT molecular complexity index is 719. The summed E-state index contributed by atoms with van der Waals surface area (Å²) in [5, 5.41) is 9.83. The van der Waals surface area contributed by atoms with Gasteiger partial charge in [0.05, 0.1) is 17.2 Å². The number of hydrogen-bond acceptors (Lipinski definition) is 6. The van der Waals surface area contributed by atoms with E-state index in [0.717, 1.165) is 61.3 Å². The van der Waals surface area contributed by atoms with E-state index < -0.39 is 0 Å². The minimum Gasteiger partial charge on any atom is -0.375 e. The predicted molar refractivity (Wildman–Crippen MR) is 130 cm³/mol. The van der Waals surface area contributed by atoms with Gasteiger partial charge in [-0.25, -0.2) is 9.97 Å². The van der Waals surface area contributed by atoms with Gasteiger partial charge in [0.25, 0.3) is 0 Å². The maximum Gasteiger partial charge on any atom is 0.194 e. The molecule has 0 aliphatic rings. The molecule has 0 fully saturated rings. The van der Waals surface area contributed by atoms with Crippen molar-refractivity contribution in [3.05, 3.63) is 32.2 Å². The van der Waals surface area contributed by atoms with Gasteiger partial charge in [-0.3, -0.25) is 4.99 Å². The van der Waals surface area contributed by atoms with Gasteiger partial charge < -0.3 is 15.0 Å². The molecule has 0 spiro atoms. The van der Waals surface area contributed by atoms with Gasteiger partial charge in [0.1, 0.15) is 11.1 Å². The Balaban J connectivity index is 0.00000392. The standard InChI is InChI=1S/C19H31N5OS2.HI/c1-6-20-19(21-10-8-7-9-17-22-14(2)12-26-17)24(4)11-16-13-27-18(23-16)15(3)25-5;/h12-13,15H,6-11H2,1-5H3,(H,20,21);1H. The topological polar surface area (TPSA) is 62.6 Å². The number of guanidine groups is 1. The first-order valence-corrected chi connectivity index (χ1v) is 11.2. The number of hydrogen-bond donors (Lipinski definition) is 1. The molecule has 1 N–H and O–H groups in total. The third-order valence-corrected chi connectivity index (χ3v) is 6.17. The van der Waals surface area contributed by atoms with Crippen LogP contribution in [0.25, 0.3) is 0 Å². The number of nitrogens with one attached hydrogen (secondary N) is 1. The van der Waals surface area contributed by atoms with Crippen molar-refractivity contribution in [2.24, 2.45) is 4.99 Å². The fourth-order valence-corrected chi connectivity index (χ4v) is 4.22. The molecule has 28 heavy (non-hydrogen) atoms. The highest BCUT2D eigenvalue weighted by Crippen LogP contribution is 2.21. The van der Waals surface area contributed by atoms with Crippen LogP contribution in [-0.4, -0.2) is 48.1 Å². The van der Waals surface area contributed by atoms with Crippen molar-refractivity contribution >= 4 is 52.6 Å². The molecule has 2 aromatic heterocycles. The Morgan fingerprint density at radius 3 is 2.71 bits per heavy atom. The van der Waals surface area contributed by atoms with Crippen molar-refractivity contribution in [1.29, 1.82) is 0 Å². The third-order valence-electron chi connectivity index (χ3n) is 4.09. The lowest BCUT2D eigenvalue weighted by molar-refractivity contribution is 0.119. The second kappa shape index (κ2) is 13.4. The summed E-state index contributed by atoms with van der Waals surface area (Å²) in [5.74, 6) is 0.928. The summed E-state index contributed by atoms with van der Waals surface area (Å²) in [4.78, 5) is 16.1. The molecule has 0 radical (unpaired) electrons. The number of thiazole rings is 2. The van der Waals surface area contributed by atoms with E-state index in [4.69, 9.17) is 9.73 Å². The van der Waals surface area contributed by atoms with Gasteiger partial charge in [-0.05, 0) is 40.0 Å². The maximum absolute atomic E-state index is 5.34. The van der Waals surface area contributed by atoms with Crippen LogP contribution in [0.3, 0.4) is 0 Å². The number of methoxy groups -OCH3 is 1. The van der Waals surface area contributed by atoms with Gasteiger partial charge in [0.2, 0.25) is 0 Å². The lowest BCUT2D eigenvalue weighted by Crippen LogP contribution is -2.38. The Hall–Kier alpha value is -0.780. The van der Waals surface area contributed by atoms with E-state index in [1.165, 1.54) is 5.01 Å². The average molecular weight is 538 g/mol. The Morgan fingerprint density at radius 2 is 2.07 bits per heavy atom. The van der Waals surface area contributed by atoms with Crippen molar-refractivity contribution in [2.75, 3.05) is 27.2 Å². The van der Waals surface area contributed by atoms with Gasteiger partial charge in [-0.15, -0.1) is 46.7 Å². The molecule has 0 aliphatic carbocycles. The van der Waals surface area contributed by atoms with Crippen molar-refractivity contribution in [2.45, 2.75) is 52.7 Å². The summed E-state index contributed by atoms with van der Waals surface area (Å²) in [7, 11) is 3.77. The molecule has 9 heteroatoms. The van der Waals surface area contributed by atoms with Crippen molar-refractivity contribution in [1.82, 2.24) is 20.2 Å². The largest absolute Gasteiger partial charge is 0.375 e. The minimum atomic E-state index is 0. The van der Waals surface area contributed by atoms with Crippen LogP contribution in [0.15, 0.2) is 15.8 Å². The van der Waals surface area contributed by atoms with Crippen molar-refractivity contribution in [3.63, 3.8) is 0 Å². The van der Waals surface area contributed by atoms with E-state index in [0.29, 0.717) is 0 Å². The number of aryl methyl sites for hydroxylation is 2. The van der Waals surface area contributed by atoms with Crippen LogP contribution in [0.4, 0.5) is 0 Å². The fourth-order valence-electron chi connectivity index (χ4n) is 2.56. The Morgan fingerprint density at radius 1 is 1.29 bits per heavy atom. The Labute approximate surface area is 193 Å². The molecule has 2 aromatic rings. The summed E-state index contributed by atoms with van der Waals surface area (Å²) < 4.78 is 5.34. The fraction of sp³-hybridized carbons (Fsp3) is 0.632. The average Bonchev–Trinajstić information content (AvgIpc) is 3.28. The zero-order chi connectivity index (χ0) is 19.6. The van der Waals surface area contributed by atoms with Gasteiger partial charge in [0.15, 0.2) is 5.96 Å². The predicted octanol–water partition coefficient (Wildman–Crippen LogP) is 4.65. The van der Waals surface area contributed by atoms with E-state index in [1.807, 2.05) is 13.8 Å². The molecule has 0 amide bonds. The van der Waals surface area contributed by atoms with Crippen LogP contribution in [-0.2, 0) is 17.7 Å². The first-order valence-electron chi connectivity index (χ1n) is 9.41. The van der Waals surface area contributed by atoms with Crippen LogP contribution in [0.1, 0.15) is 54.2 Å². The Kier molecular flexibility index (Phi) is 12.1. The molecular weight excluding hydrogens is 505 g/mol. The number of rotatable bonds is 10. The van der Waals surface area contributed by atoms with Crippen LogP contribution in [0, 0.1) is 6.92 Å². The first-order chi connectivity index (χ1) is 13.0. The van der Waals surface area contributed by atoms with E-state index in [2.05, 4.69) is 44.9 Å². The zero-order valence-corrected chi connectivity index (χ0v) is 21.4. The van der Waals surface area contributed by atoms with Gasteiger partial charge >= 0.3 is 0 Å². The van der Waals surface area contributed by atoms with Crippen LogP contribution >= 0.6 is 46.7 Å². The smallest absolute Gasteiger partial charge is 0.194 e. The van der Waals surface area contributed by atoms with E-state index in [9.17, 15) is 0 Å². The third kappa shape index (κ3) is 8.30. The highest BCUT2D eigenvalue weighted by molar-refractivity contribution is 14.0. The minimum absolute atomic E-state index is 0. The monoisotopic (exact) mass is 537 g/mol. The second-order valence-electron chi connectivity index (χ2n) is 6.49. The number of unbranched alkanes of at least 4 members (excludes halogenated alkanes) is 1. The van der Waals surface area contributed by atoms with Gasteiger partial charge in [-0.1, -0.05) is 0 Å². The molecule has 2 heterocycles. The summed E-state index contributed by atoms with van der Waals surface area (Å²) in [5.41, 5.74) is 2.17. The van der Waals surface area contributed by atoms with Crippen molar-refractivity contribution in [3.8, 4) is 0 Å². The molecule has 6 nitrogen and oxygen atoms in total. The molecular formula is C19H32IN5OS2. The number of ether oxygens (including phenoxy) is 1. The highest BCUT2D eigenvalue weighted by atomic mass is 127. The molecule has 0 aromatic carbocycles. The van der Waals surface area contributed by atoms with Crippen LogP contribution in [0.5, 0.6) is 0 Å². The van der Waals surface area contributed by atoms with Crippen LogP contribution < -0.4 is 5.32 Å². The van der Waals surface area contributed by atoms with Crippen molar-refractivity contribution < 1.29 is 4.74 Å². The molecule has 0 saturated heterocycles. The van der Waals surface area contributed by atoms with E-state index in [-0.39, 0.29) is 30.1 Å². The summed E-state index contributed by atoms with van der Waals surface area (Å²) >= 11 is 3.40. The molecule has 0 bridgehead atoms. The summed E-state index contributed by atoms with van der Waals surface area (Å²) in [6.07, 6.45) is 3.26. The molecule has 0 saturated carbocycles. The summed E-state index contributed by atoms with van der Waals surface area (Å²) in [6.45, 7) is 8.56. The number of aliphatic imine (C=N–C) groups is 1. The molecule has 2 rings (SSSR count). The second-order valence-corrected chi connectivity index (χ2v) is 8.32. The zero-order valence-electron chi connectivity index (χ0n) is 17.4. The number of aromatic nitrogens is 2. The quantitative estimate of drug-likeness (QED) is 0.207. The number of halogens is 1. The molecule has 1 unspecified atom stereocenters. The number of nitrogens with zero attached hydrogens (tertiary/aromatic N) is 4. The molecule has 158 valence electrons. The van der Waals surface area contributed by atoms with E-state index in [1.54, 1.807) is 29.8 Å². The first kappa shape index (κ1) is 25.3. The SMILES string of the molecule is CCNC(=NCCCCc1nc(C)cs1)N(C)Cc1csc(C(C)OC)n1.I. The van der Waals surface area contributed by atoms with E-state index >= 15 is 0 Å². The lowest BCUT2D eigenvalue weighted by Gasteiger charge is -2.21. The van der Waals surface area contributed by atoms with Gasteiger partial charge in [-0.2, -0.15) is 0 Å². The van der Waals surface area contributed by atoms with Crippen LogP contribution in [0.2, 0.25) is 0 Å². The van der Waals surface area contributed by atoms with Gasteiger partial charge in [0, 0.05) is 43.7 Å². The lowest BCUT2D eigenvalue weighted by atomic mass is 10.2.